The fourth-order valence-corrected chi connectivity index (χ4v) is 1.99. The Morgan fingerprint density at radius 3 is 2.24 bits per heavy atom. The van der Waals surface area contributed by atoms with Gasteiger partial charge in [-0.3, -0.25) is 0 Å². The average molecular weight is 338 g/mol. The lowest BCUT2D eigenvalue weighted by Crippen LogP contribution is -2.34. The van der Waals surface area contributed by atoms with Gasteiger partial charge in [0.25, 0.3) is 0 Å². The molecule has 0 aliphatic carbocycles. The first-order valence-corrected chi connectivity index (χ1v) is 7.59. The van der Waals surface area contributed by atoms with Crippen LogP contribution < -0.4 is 26.8 Å². The van der Waals surface area contributed by atoms with Gasteiger partial charge in [-0.1, -0.05) is 36.9 Å². The number of nitrogens with two attached hydrogens (primary N) is 3. The number of hydrogen-bond donors (Lipinski definition) is 3. The molecule has 0 radical (unpaired) electrons. The molecule has 25 heavy (non-hydrogen) atoms. The van der Waals surface area contributed by atoms with E-state index in [-0.39, 0.29) is 11.9 Å². The van der Waals surface area contributed by atoms with Crippen molar-refractivity contribution in [3.63, 3.8) is 0 Å². The highest BCUT2D eigenvalue weighted by atomic mass is 16.5. The Morgan fingerprint density at radius 2 is 1.68 bits per heavy atom. The Balaban J connectivity index is 1.97. The Labute approximate surface area is 147 Å². The summed E-state index contributed by atoms with van der Waals surface area (Å²) in [5.41, 5.74) is 19.2. The van der Waals surface area contributed by atoms with Gasteiger partial charge < -0.3 is 26.8 Å². The molecule has 2 rings (SSSR count). The van der Waals surface area contributed by atoms with Crippen molar-refractivity contribution in [3.8, 4) is 5.75 Å². The van der Waals surface area contributed by atoms with Crippen LogP contribution in [0.4, 0.5) is 5.69 Å². The number of benzene rings is 2. The molecule has 0 aromatic heterocycles. The molecule has 7 heteroatoms. The van der Waals surface area contributed by atoms with Crippen LogP contribution in [0.2, 0.25) is 0 Å². The summed E-state index contributed by atoms with van der Waals surface area (Å²) >= 11 is 0. The van der Waals surface area contributed by atoms with Gasteiger partial charge in [0.05, 0.1) is 0 Å². The Kier molecular flexibility index (Phi) is 6.00. The van der Waals surface area contributed by atoms with Crippen molar-refractivity contribution in [2.45, 2.75) is 6.61 Å². The van der Waals surface area contributed by atoms with Gasteiger partial charge in [0, 0.05) is 12.7 Å². The lowest BCUT2D eigenvalue weighted by atomic mass is 10.1. The topological polar surface area (TPSA) is 115 Å². The molecule has 0 saturated carbocycles. The number of guanidine groups is 2. The second-order valence-corrected chi connectivity index (χ2v) is 5.27. The highest BCUT2D eigenvalue weighted by Gasteiger charge is 2.05. The summed E-state index contributed by atoms with van der Waals surface area (Å²) in [4.78, 5) is 1.66. The minimum atomic E-state index is -0.152. The van der Waals surface area contributed by atoms with Crippen LogP contribution in [-0.2, 0) is 6.61 Å². The van der Waals surface area contributed by atoms with Crippen molar-refractivity contribution in [3.05, 3.63) is 66.2 Å². The zero-order valence-corrected chi connectivity index (χ0v) is 14.1. The number of rotatable bonds is 6. The van der Waals surface area contributed by atoms with Crippen LogP contribution in [0.1, 0.15) is 11.1 Å². The normalized spacial score (nSPS) is 10.8. The van der Waals surface area contributed by atoms with Crippen LogP contribution in [0, 0.1) is 0 Å². The molecule has 0 heterocycles. The van der Waals surface area contributed by atoms with Gasteiger partial charge in [-0.2, -0.15) is 0 Å². The van der Waals surface area contributed by atoms with Crippen LogP contribution in [0.5, 0.6) is 5.75 Å². The smallest absolute Gasteiger partial charge is 0.220 e. The van der Waals surface area contributed by atoms with E-state index in [1.165, 1.54) is 0 Å². The fraction of sp³-hybridized carbons (Fsp3) is 0.111. The summed E-state index contributed by atoms with van der Waals surface area (Å²) < 4.78 is 5.78. The van der Waals surface area contributed by atoms with Crippen LogP contribution >= 0.6 is 0 Å². The predicted molar refractivity (Wildman–Crippen MR) is 103 cm³/mol. The van der Waals surface area contributed by atoms with Gasteiger partial charge in [0.2, 0.25) is 11.9 Å². The summed E-state index contributed by atoms with van der Waals surface area (Å²) in [6.45, 7) is 4.22. The lowest BCUT2D eigenvalue weighted by Gasteiger charge is -2.17. The number of ether oxygens (including phenoxy) is 1. The number of hydrogen-bond acceptors (Lipinski definition) is 3. The summed E-state index contributed by atoms with van der Waals surface area (Å²) in [5, 5.41) is 7.26. The first-order chi connectivity index (χ1) is 12.0. The van der Waals surface area contributed by atoms with Gasteiger partial charge >= 0.3 is 0 Å². The molecular formula is C18H22N6O. The SMILES string of the molecule is C=Cc1ccc(COc2ccc(N(C)/C(N)=N/N=C(N)N)cc2)cc1. The number of anilines is 1. The summed E-state index contributed by atoms with van der Waals surface area (Å²) in [6.07, 6.45) is 1.81. The highest BCUT2D eigenvalue weighted by molar-refractivity contribution is 5.94. The van der Waals surface area contributed by atoms with E-state index in [9.17, 15) is 0 Å². The quantitative estimate of drug-likeness (QED) is 0.422. The van der Waals surface area contributed by atoms with E-state index in [1.54, 1.807) is 11.9 Å². The Hall–Kier alpha value is -3.48. The van der Waals surface area contributed by atoms with Crippen molar-refractivity contribution < 1.29 is 4.74 Å². The maximum absolute atomic E-state index is 5.81. The average Bonchev–Trinajstić information content (AvgIpc) is 2.64. The molecule has 0 saturated heterocycles. The molecule has 0 unspecified atom stereocenters. The molecule has 130 valence electrons. The first-order valence-electron chi connectivity index (χ1n) is 7.59. The Morgan fingerprint density at radius 1 is 1.04 bits per heavy atom. The van der Waals surface area contributed by atoms with Gasteiger partial charge in [-0.25, -0.2) is 0 Å². The lowest BCUT2D eigenvalue weighted by molar-refractivity contribution is 0.306. The van der Waals surface area contributed by atoms with Crippen LogP contribution in [-0.4, -0.2) is 19.0 Å². The monoisotopic (exact) mass is 338 g/mol. The standard InChI is InChI=1S/C18H22N6O/c1-3-13-4-6-14(7-5-13)12-25-16-10-8-15(9-11-16)24(2)18(21)23-22-17(19)20/h3-11H,1,12H2,2H3,(H2,21,23)(H4,19,20,22). The molecule has 0 aliphatic heterocycles. The predicted octanol–water partition coefficient (Wildman–Crippen LogP) is 1.85. The van der Waals surface area contributed by atoms with E-state index in [1.807, 2.05) is 54.6 Å². The molecule has 0 fully saturated rings. The third kappa shape index (κ3) is 5.28. The van der Waals surface area contributed by atoms with Crippen molar-refractivity contribution in [2.75, 3.05) is 11.9 Å². The Bertz CT molecular complexity index is 761. The van der Waals surface area contributed by atoms with Gasteiger partial charge in [-0.15, -0.1) is 10.2 Å². The minimum absolute atomic E-state index is 0.152. The molecule has 0 bridgehead atoms. The molecule has 0 atom stereocenters. The summed E-state index contributed by atoms with van der Waals surface area (Å²) in [5.74, 6) is 0.773. The van der Waals surface area contributed by atoms with E-state index < -0.39 is 0 Å². The largest absolute Gasteiger partial charge is 0.489 e. The molecule has 2 aromatic carbocycles. The van der Waals surface area contributed by atoms with E-state index in [4.69, 9.17) is 21.9 Å². The van der Waals surface area contributed by atoms with Crippen molar-refractivity contribution in [1.82, 2.24) is 0 Å². The third-order valence-corrected chi connectivity index (χ3v) is 3.46. The minimum Gasteiger partial charge on any atom is -0.489 e. The maximum Gasteiger partial charge on any atom is 0.220 e. The molecule has 0 amide bonds. The van der Waals surface area contributed by atoms with Crippen molar-refractivity contribution in [2.24, 2.45) is 27.4 Å². The molecule has 0 aliphatic rings. The van der Waals surface area contributed by atoms with Crippen molar-refractivity contribution >= 4 is 23.7 Å². The summed E-state index contributed by atoms with van der Waals surface area (Å²) in [6, 6.07) is 15.5. The second kappa shape index (κ2) is 8.39. The molecule has 2 aromatic rings. The molecule has 0 spiro atoms. The molecule has 6 N–H and O–H groups in total. The third-order valence-electron chi connectivity index (χ3n) is 3.46. The maximum atomic E-state index is 5.81. The van der Waals surface area contributed by atoms with Gasteiger partial charge in [0.1, 0.15) is 12.4 Å². The zero-order valence-electron chi connectivity index (χ0n) is 14.1. The number of nitrogens with zero attached hydrogens (tertiary/aromatic N) is 3. The van der Waals surface area contributed by atoms with Gasteiger partial charge in [-0.05, 0) is 35.4 Å². The van der Waals surface area contributed by atoms with Crippen LogP contribution in [0.15, 0.2) is 65.3 Å². The van der Waals surface area contributed by atoms with Crippen molar-refractivity contribution in [1.29, 1.82) is 0 Å². The van der Waals surface area contributed by atoms with E-state index in [2.05, 4.69) is 16.8 Å². The fourth-order valence-electron chi connectivity index (χ4n) is 1.99. The summed E-state index contributed by atoms with van der Waals surface area (Å²) in [7, 11) is 1.76. The van der Waals surface area contributed by atoms with Gasteiger partial charge in [0.15, 0.2) is 0 Å². The second-order valence-electron chi connectivity index (χ2n) is 5.27. The highest BCUT2D eigenvalue weighted by Crippen LogP contribution is 2.19. The zero-order chi connectivity index (χ0) is 18.2. The van der Waals surface area contributed by atoms with E-state index in [0.29, 0.717) is 6.61 Å². The van der Waals surface area contributed by atoms with E-state index >= 15 is 0 Å². The van der Waals surface area contributed by atoms with Crippen LogP contribution in [0.3, 0.4) is 0 Å². The molecular weight excluding hydrogens is 316 g/mol. The first kappa shape index (κ1) is 17.9. The van der Waals surface area contributed by atoms with E-state index in [0.717, 1.165) is 22.6 Å². The molecule has 7 nitrogen and oxygen atoms in total. The van der Waals surface area contributed by atoms with Crippen LogP contribution in [0.25, 0.3) is 6.08 Å².